The van der Waals surface area contributed by atoms with Crippen molar-refractivity contribution in [2.24, 2.45) is 0 Å². The molecule has 3 rings (SSSR count). The van der Waals surface area contributed by atoms with E-state index in [0.29, 0.717) is 17.0 Å². The Morgan fingerprint density at radius 2 is 1.88 bits per heavy atom. The van der Waals surface area contributed by atoms with Gasteiger partial charge >= 0.3 is 0 Å². The van der Waals surface area contributed by atoms with Gasteiger partial charge in [0.05, 0.1) is 18.2 Å². The second-order valence-electron chi connectivity index (χ2n) is 5.60. The van der Waals surface area contributed by atoms with Gasteiger partial charge in [-0.15, -0.1) is 0 Å². The van der Waals surface area contributed by atoms with Crippen molar-refractivity contribution < 1.29 is 18.8 Å². The lowest BCUT2D eigenvalue weighted by Crippen LogP contribution is -2.29. The van der Waals surface area contributed by atoms with E-state index in [4.69, 9.17) is 4.52 Å². The number of aromatic nitrogens is 1. The first-order valence-corrected chi connectivity index (χ1v) is 7.83. The molecular formula is C19H17FN2O3. The summed E-state index contributed by atoms with van der Waals surface area (Å²) in [5.74, 6) is -0.0657. The third-order valence-electron chi connectivity index (χ3n) is 3.71. The maximum Gasteiger partial charge on any atom is 0.226 e. The largest absolute Gasteiger partial charge is 0.387 e. The molecule has 0 aliphatic rings. The van der Waals surface area contributed by atoms with Crippen molar-refractivity contribution in [3.8, 4) is 11.3 Å². The number of benzene rings is 2. The summed E-state index contributed by atoms with van der Waals surface area (Å²) in [6, 6.07) is 16.7. The van der Waals surface area contributed by atoms with Gasteiger partial charge in [0.2, 0.25) is 5.91 Å². The van der Waals surface area contributed by atoms with Gasteiger partial charge in [-0.3, -0.25) is 4.79 Å². The average molecular weight is 340 g/mol. The summed E-state index contributed by atoms with van der Waals surface area (Å²) in [5.41, 5.74) is 1.93. The highest BCUT2D eigenvalue weighted by Crippen LogP contribution is 2.20. The van der Waals surface area contributed by atoms with E-state index in [2.05, 4.69) is 10.5 Å². The summed E-state index contributed by atoms with van der Waals surface area (Å²) in [6.45, 7) is 0.0356. The molecule has 128 valence electrons. The van der Waals surface area contributed by atoms with Gasteiger partial charge in [-0.05, 0) is 17.7 Å². The number of halogens is 1. The van der Waals surface area contributed by atoms with E-state index < -0.39 is 6.10 Å². The molecule has 1 heterocycles. The Balaban J connectivity index is 1.53. The lowest BCUT2D eigenvalue weighted by Gasteiger charge is -2.11. The Morgan fingerprint density at radius 3 is 2.60 bits per heavy atom. The van der Waals surface area contributed by atoms with Crippen LogP contribution in [0.4, 0.5) is 4.39 Å². The number of hydrogen-bond donors (Lipinski definition) is 2. The van der Waals surface area contributed by atoms with Gasteiger partial charge in [-0.2, -0.15) is 0 Å². The fourth-order valence-corrected chi connectivity index (χ4v) is 2.37. The summed E-state index contributed by atoms with van der Waals surface area (Å²) in [7, 11) is 0. The average Bonchev–Trinajstić information content (AvgIpc) is 3.09. The second kappa shape index (κ2) is 7.72. The molecule has 0 aliphatic heterocycles. The summed E-state index contributed by atoms with van der Waals surface area (Å²) < 4.78 is 18.1. The number of carbonyl (C=O) groups is 1. The number of carbonyl (C=O) groups excluding carboxylic acids is 1. The molecule has 5 nitrogen and oxygen atoms in total. The Labute approximate surface area is 144 Å². The molecule has 3 aromatic rings. The molecule has 0 fully saturated rings. The highest BCUT2D eigenvalue weighted by atomic mass is 19.1. The molecule has 0 aliphatic carbocycles. The molecule has 2 aromatic carbocycles. The predicted octanol–water partition coefficient (Wildman–Crippen LogP) is 2.87. The molecule has 0 saturated heterocycles. The number of aliphatic hydroxyl groups excluding tert-OH is 1. The normalized spacial score (nSPS) is 11.9. The third kappa shape index (κ3) is 4.51. The number of nitrogens with zero attached hydrogens (tertiary/aromatic N) is 1. The molecule has 0 spiro atoms. The summed E-state index contributed by atoms with van der Waals surface area (Å²) in [4.78, 5) is 12.0. The molecule has 0 saturated carbocycles. The molecule has 6 heteroatoms. The van der Waals surface area contributed by atoms with Crippen LogP contribution < -0.4 is 5.32 Å². The van der Waals surface area contributed by atoms with Crippen molar-refractivity contribution in [3.63, 3.8) is 0 Å². The Kier molecular flexibility index (Phi) is 5.20. The number of rotatable bonds is 6. The first-order chi connectivity index (χ1) is 12.1. The van der Waals surface area contributed by atoms with Crippen LogP contribution in [-0.4, -0.2) is 22.7 Å². The van der Waals surface area contributed by atoms with Crippen LogP contribution in [0.5, 0.6) is 0 Å². The molecular weight excluding hydrogens is 323 g/mol. The Morgan fingerprint density at radius 1 is 1.16 bits per heavy atom. The standard InChI is InChI=1S/C19H17FN2O3/c20-15-8-6-13(7-9-15)17(23)12-21-19(24)11-16-10-18(25-22-16)14-4-2-1-3-5-14/h1-10,17,23H,11-12H2,(H,21,24). The minimum atomic E-state index is -0.901. The van der Waals surface area contributed by atoms with Crippen molar-refractivity contribution in [2.75, 3.05) is 6.54 Å². The van der Waals surface area contributed by atoms with Crippen LogP contribution in [0.25, 0.3) is 11.3 Å². The van der Waals surface area contributed by atoms with Crippen LogP contribution >= 0.6 is 0 Å². The van der Waals surface area contributed by atoms with Crippen LogP contribution in [0.15, 0.2) is 65.2 Å². The molecule has 1 unspecified atom stereocenters. The monoisotopic (exact) mass is 340 g/mol. The SMILES string of the molecule is O=C(Cc1cc(-c2ccccc2)on1)NCC(O)c1ccc(F)cc1. The molecule has 1 atom stereocenters. The van der Waals surface area contributed by atoms with Crippen LogP contribution in [0.3, 0.4) is 0 Å². The van der Waals surface area contributed by atoms with E-state index in [1.54, 1.807) is 6.07 Å². The Hall–Kier alpha value is -2.99. The highest BCUT2D eigenvalue weighted by Gasteiger charge is 2.13. The van der Waals surface area contributed by atoms with Gasteiger partial charge in [0.25, 0.3) is 0 Å². The minimum Gasteiger partial charge on any atom is -0.387 e. The van der Waals surface area contributed by atoms with E-state index in [1.807, 2.05) is 30.3 Å². The van der Waals surface area contributed by atoms with Crippen LogP contribution in [-0.2, 0) is 11.2 Å². The zero-order chi connectivity index (χ0) is 17.6. The van der Waals surface area contributed by atoms with Gasteiger partial charge in [-0.25, -0.2) is 4.39 Å². The zero-order valence-electron chi connectivity index (χ0n) is 13.4. The quantitative estimate of drug-likeness (QED) is 0.723. The molecule has 0 bridgehead atoms. The lowest BCUT2D eigenvalue weighted by molar-refractivity contribution is -0.121. The molecule has 2 N–H and O–H groups in total. The second-order valence-corrected chi connectivity index (χ2v) is 5.60. The lowest BCUT2D eigenvalue weighted by atomic mass is 10.1. The highest BCUT2D eigenvalue weighted by molar-refractivity contribution is 5.78. The van der Waals surface area contributed by atoms with Gasteiger partial charge < -0.3 is 14.9 Å². The topological polar surface area (TPSA) is 75.4 Å². The van der Waals surface area contributed by atoms with E-state index in [-0.39, 0.29) is 24.7 Å². The Bertz CT molecular complexity index is 831. The van der Waals surface area contributed by atoms with Crippen molar-refractivity contribution in [1.82, 2.24) is 10.5 Å². The van der Waals surface area contributed by atoms with Crippen LogP contribution in [0, 0.1) is 5.82 Å². The van der Waals surface area contributed by atoms with Crippen LogP contribution in [0.2, 0.25) is 0 Å². The van der Waals surface area contributed by atoms with Gasteiger partial charge in [0.1, 0.15) is 5.82 Å². The maximum absolute atomic E-state index is 12.9. The predicted molar refractivity (Wildman–Crippen MR) is 90.0 cm³/mol. The summed E-state index contributed by atoms with van der Waals surface area (Å²) in [5, 5.41) is 16.5. The van der Waals surface area contributed by atoms with Crippen molar-refractivity contribution >= 4 is 5.91 Å². The fraction of sp³-hybridized carbons (Fsp3) is 0.158. The summed E-state index contributed by atoms with van der Waals surface area (Å²) >= 11 is 0. The van der Waals surface area contributed by atoms with Crippen molar-refractivity contribution in [3.05, 3.63) is 77.7 Å². The minimum absolute atomic E-state index is 0.0356. The van der Waals surface area contributed by atoms with E-state index in [9.17, 15) is 14.3 Å². The fourth-order valence-electron chi connectivity index (χ4n) is 2.37. The molecule has 1 amide bonds. The maximum atomic E-state index is 12.9. The van der Waals surface area contributed by atoms with Gasteiger partial charge in [0.15, 0.2) is 5.76 Å². The van der Waals surface area contributed by atoms with Crippen LogP contribution in [0.1, 0.15) is 17.4 Å². The van der Waals surface area contributed by atoms with Crippen molar-refractivity contribution in [2.45, 2.75) is 12.5 Å². The third-order valence-corrected chi connectivity index (χ3v) is 3.71. The first kappa shape index (κ1) is 16.9. The molecule has 0 radical (unpaired) electrons. The van der Waals surface area contributed by atoms with E-state index in [0.717, 1.165) is 5.56 Å². The van der Waals surface area contributed by atoms with Gasteiger partial charge in [-0.1, -0.05) is 47.6 Å². The number of hydrogen-bond acceptors (Lipinski definition) is 4. The molecule has 25 heavy (non-hydrogen) atoms. The van der Waals surface area contributed by atoms with Crippen molar-refractivity contribution in [1.29, 1.82) is 0 Å². The van der Waals surface area contributed by atoms with E-state index >= 15 is 0 Å². The van der Waals surface area contributed by atoms with E-state index in [1.165, 1.54) is 24.3 Å². The number of nitrogens with one attached hydrogen (secondary N) is 1. The van der Waals surface area contributed by atoms with Gasteiger partial charge in [0, 0.05) is 18.2 Å². The summed E-state index contributed by atoms with van der Waals surface area (Å²) in [6.07, 6.45) is -0.853. The number of amides is 1. The zero-order valence-corrected chi connectivity index (χ0v) is 13.4. The smallest absolute Gasteiger partial charge is 0.226 e. The first-order valence-electron chi connectivity index (χ1n) is 7.83. The number of aliphatic hydroxyl groups is 1. The molecule has 1 aromatic heterocycles.